The van der Waals surface area contributed by atoms with Crippen LogP contribution >= 0.6 is 0 Å². The highest BCUT2D eigenvalue weighted by Gasteiger charge is 2.26. The van der Waals surface area contributed by atoms with Gasteiger partial charge in [0.15, 0.2) is 27.2 Å². The number of carbonyl (C=O) groups excluding carboxylic acids is 1. The molecule has 1 aliphatic rings. The van der Waals surface area contributed by atoms with Crippen LogP contribution in [0.4, 0.5) is 14.6 Å². The number of sulfone groups is 1. The summed E-state index contributed by atoms with van der Waals surface area (Å²) in [6.45, 7) is 3.51. The minimum absolute atomic E-state index is 0.0391. The summed E-state index contributed by atoms with van der Waals surface area (Å²) in [6.07, 6.45) is 4.18. The number of anilines is 1. The van der Waals surface area contributed by atoms with Crippen LogP contribution in [0.1, 0.15) is 38.3 Å². The number of fused-ring (bicyclic) bond motifs is 1. The number of pyridine rings is 1. The van der Waals surface area contributed by atoms with Crippen LogP contribution in [-0.4, -0.2) is 35.2 Å². The quantitative estimate of drug-likeness (QED) is 0.325. The van der Waals surface area contributed by atoms with Crippen LogP contribution in [0, 0.1) is 25.5 Å². The Labute approximate surface area is 223 Å². The van der Waals surface area contributed by atoms with E-state index >= 15 is 0 Å². The molecule has 0 radical (unpaired) electrons. The summed E-state index contributed by atoms with van der Waals surface area (Å²) in [5.74, 6) is -1.63. The van der Waals surface area contributed by atoms with Gasteiger partial charge in [0, 0.05) is 29.9 Å². The van der Waals surface area contributed by atoms with Gasteiger partial charge < -0.3 is 10.5 Å². The highest BCUT2D eigenvalue weighted by Crippen LogP contribution is 2.33. The lowest BCUT2D eigenvalue weighted by Gasteiger charge is -2.14. The van der Waals surface area contributed by atoms with E-state index in [0.717, 1.165) is 6.26 Å². The Morgan fingerprint density at radius 2 is 1.87 bits per heavy atom. The Kier molecular flexibility index (Phi) is 6.55. The molecule has 0 spiro atoms. The summed E-state index contributed by atoms with van der Waals surface area (Å²) in [6, 6.07) is 10.3. The molecule has 8 nitrogen and oxygen atoms in total. The first-order valence-corrected chi connectivity index (χ1v) is 14.0. The second-order valence-corrected chi connectivity index (χ2v) is 11.6. The molecule has 2 aromatic heterocycles. The maximum Gasteiger partial charge on any atom is 0.219 e. The Bertz CT molecular complexity index is 1770. The zero-order valence-corrected chi connectivity index (χ0v) is 22.1. The molecule has 0 atom stereocenters. The standard InChI is InChI=1S/C28H24F2N4O4S/c1-15-8-25(38-24-7-5-4-6-22(24)29)33-16(2)26(15)34-28(31)21(13-32-34)27(35)19-9-17-11-20(14-39(3,36)37)23(30)12-18(17)10-19/h4-8,10-13H,9,14,31H2,1-3H3. The number of nitrogen functional groups attached to an aromatic ring is 1. The third-order valence-electron chi connectivity index (χ3n) is 6.38. The summed E-state index contributed by atoms with van der Waals surface area (Å²) in [4.78, 5) is 17.8. The average molecular weight is 551 g/mol. The van der Waals surface area contributed by atoms with Crippen molar-refractivity contribution in [2.75, 3.05) is 12.0 Å². The predicted octanol–water partition coefficient (Wildman–Crippen LogP) is 4.90. The van der Waals surface area contributed by atoms with Crippen molar-refractivity contribution in [3.63, 3.8) is 0 Å². The molecule has 1 aliphatic carbocycles. The van der Waals surface area contributed by atoms with Gasteiger partial charge in [0.25, 0.3) is 0 Å². The minimum atomic E-state index is -3.43. The minimum Gasteiger partial charge on any atom is -0.436 e. The molecular weight excluding hydrogens is 526 g/mol. The second-order valence-electron chi connectivity index (χ2n) is 9.49. The number of halogens is 2. The van der Waals surface area contributed by atoms with Gasteiger partial charge in [-0.25, -0.2) is 26.9 Å². The number of rotatable bonds is 7. The zero-order valence-electron chi connectivity index (χ0n) is 21.3. The summed E-state index contributed by atoms with van der Waals surface area (Å²) in [5, 5.41) is 4.32. The van der Waals surface area contributed by atoms with Gasteiger partial charge in [0.05, 0.1) is 28.9 Å². The van der Waals surface area contributed by atoms with E-state index in [1.54, 1.807) is 38.1 Å². The first-order valence-electron chi connectivity index (χ1n) is 11.9. The van der Waals surface area contributed by atoms with E-state index in [4.69, 9.17) is 10.5 Å². The Hall–Kier alpha value is -4.38. The van der Waals surface area contributed by atoms with Crippen molar-refractivity contribution >= 4 is 27.5 Å². The fourth-order valence-corrected chi connectivity index (χ4v) is 5.43. The normalized spacial score (nSPS) is 12.8. The first-order chi connectivity index (χ1) is 18.4. The largest absolute Gasteiger partial charge is 0.436 e. The number of Topliss-reactive ketones (excluding diaryl/α,β-unsaturated/α-hetero) is 1. The van der Waals surface area contributed by atoms with Crippen molar-refractivity contribution in [2.45, 2.75) is 26.0 Å². The van der Waals surface area contributed by atoms with Gasteiger partial charge in [-0.15, -0.1) is 0 Å². The van der Waals surface area contributed by atoms with Crippen molar-refractivity contribution in [1.29, 1.82) is 0 Å². The summed E-state index contributed by atoms with van der Waals surface area (Å²) in [7, 11) is -3.43. The van der Waals surface area contributed by atoms with Gasteiger partial charge in [-0.1, -0.05) is 18.2 Å². The molecule has 0 fully saturated rings. The maximum absolute atomic E-state index is 14.5. The molecule has 11 heteroatoms. The van der Waals surface area contributed by atoms with Crippen LogP contribution in [0.15, 0.2) is 54.2 Å². The van der Waals surface area contributed by atoms with Crippen LogP contribution < -0.4 is 10.5 Å². The zero-order chi connectivity index (χ0) is 28.1. The van der Waals surface area contributed by atoms with E-state index < -0.39 is 27.2 Å². The predicted molar refractivity (Wildman–Crippen MR) is 143 cm³/mol. The molecule has 5 rings (SSSR count). The number of carbonyl (C=O) groups is 1. The van der Waals surface area contributed by atoms with Crippen molar-refractivity contribution in [3.05, 3.63) is 99.4 Å². The van der Waals surface area contributed by atoms with Crippen LogP contribution in [-0.2, 0) is 22.0 Å². The van der Waals surface area contributed by atoms with E-state index in [1.165, 1.54) is 35.1 Å². The molecule has 4 aromatic rings. The highest BCUT2D eigenvalue weighted by molar-refractivity contribution is 7.89. The molecule has 0 amide bonds. The number of aromatic nitrogens is 3. The molecular formula is C28H24F2N4O4S. The van der Waals surface area contributed by atoms with E-state index in [-0.39, 0.29) is 40.8 Å². The van der Waals surface area contributed by atoms with Gasteiger partial charge in [0.2, 0.25) is 5.88 Å². The number of aryl methyl sites for hydroxylation is 2. The van der Waals surface area contributed by atoms with Crippen LogP contribution in [0.25, 0.3) is 11.8 Å². The fourth-order valence-electron chi connectivity index (χ4n) is 4.64. The lowest BCUT2D eigenvalue weighted by atomic mass is 10.0. The van der Waals surface area contributed by atoms with Crippen LogP contribution in [0.2, 0.25) is 0 Å². The van der Waals surface area contributed by atoms with E-state index in [1.807, 2.05) is 0 Å². The van der Waals surface area contributed by atoms with Crippen molar-refractivity contribution in [2.24, 2.45) is 0 Å². The number of ketones is 1. The molecule has 0 saturated heterocycles. The molecule has 2 heterocycles. The molecule has 2 N–H and O–H groups in total. The fraction of sp³-hybridized carbons (Fsp3) is 0.179. The number of nitrogens with two attached hydrogens (primary N) is 1. The lowest BCUT2D eigenvalue weighted by Crippen LogP contribution is -2.11. The van der Waals surface area contributed by atoms with E-state index in [9.17, 15) is 22.0 Å². The summed E-state index contributed by atoms with van der Waals surface area (Å²) in [5.41, 5.74) is 9.87. The number of benzene rings is 2. The van der Waals surface area contributed by atoms with Gasteiger partial charge >= 0.3 is 0 Å². The highest BCUT2D eigenvalue weighted by atomic mass is 32.2. The smallest absolute Gasteiger partial charge is 0.219 e. The Morgan fingerprint density at radius 3 is 2.56 bits per heavy atom. The van der Waals surface area contributed by atoms with Gasteiger partial charge in [-0.3, -0.25) is 4.79 Å². The summed E-state index contributed by atoms with van der Waals surface area (Å²) >= 11 is 0. The molecule has 0 aliphatic heterocycles. The van der Waals surface area contributed by atoms with Crippen molar-refractivity contribution in [1.82, 2.24) is 14.8 Å². The van der Waals surface area contributed by atoms with Crippen molar-refractivity contribution < 1.29 is 26.7 Å². The number of hydrogen-bond donors (Lipinski definition) is 1. The number of nitrogens with zero attached hydrogens (tertiary/aromatic N) is 3. The SMILES string of the molecule is Cc1cc(Oc2ccccc2F)nc(C)c1-n1ncc(C(=O)C2=Cc3cc(F)c(CS(C)(=O)=O)cc3C2)c1N. The van der Waals surface area contributed by atoms with E-state index in [0.29, 0.717) is 33.6 Å². The second kappa shape index (κ2) is 9.73. The molecule has 2 aromatic carbocycles. The van der Waals surface area contributed by atoms with Gasteiger partial charge in [-0.2, -0.15) is 5.10 Å². The Balaban J connectivity index is 1.41. The Morgan fingerprint density at radius 1 is 1.13 bits per heavy atom. The summed E-state index contributed by atoms with van der Waals surface area (Å²) < 4.78 is 58.8. The van der Waals surface area contributed by atoms with Gasteiger partial charge in [0.1, 0.15) is 11.6 Å². The van der Waals surface area contributed by atoms with Gasteiger partial charge in [-0.05, 0) is 54.8 Å². The van der Waals surface area contributed by atoms with Crippen molar-refractivity contribution in [3.8, 4) is 17.3 Å². The number of ether oxygens (including phenoxy) is 1. The third kappa shape index (κ3) is 5.17. The number of para-hydroxylation sites is 1. The first kappa shape index (κ1) is 26.2. The van der Waals surface area contributed by atoms with Crippen LogP contribution in [0.5, 0.6) is 11.6 Å². The molecule has 0 bridgehead atoms. The molecule has 200 valence electrons. The molecule has 39 heavy (non-hydrogen) atoms. The number of hydrogen-bond acceptors (Lipinski definition) is 7. The van der Waals surface area contributed by atoms with Crippen LogP contribution in [0.3, 0.4) is 0 Å². The molecule has 0 saturated carbocycles. The molecule has 0 unspecified atom stereocenters. The third-order valence-corrected chi connectivity index (χ3v) is 7.21. The topological polar surface area (TPSA) is 117 Å². The maximum atomic E-state index is 14.5. The van der Waals surface area contributed by atoms with E-state index in [2.05, 4.69) is 10.1 Å². The average Bonchev–Trinajstić information content (AvgIpc) is 3.42. The number of allylic oxidation sites excluding steroid dienone is 1. The lowest BCUT2D eigenvalue weighted by molar-refractivity contribution is 0.103. The monoisotopic (exact) mass is 550 g/mol.